The van der Waals surface area contributed by atoms with E-state index in [9.17, 15) is 58.2 Å². The number of primary amides is 1. The number of nitrogens with zero attached hydrogens (tertiary/aromatic N) is 2. The van der Waals surface area contributed by atoms with Gasteiger partial charge >= 0.3 is 5.97 Å². The van der Waals surface area contributed by atoms with E-state index in [1.807, 2.05) is 0 Å². The molecular weight excluding hydrogens is 927 g/mol. The summed E-state index contributed by atoms with van der Waals surface area (Å²) in [5.41, 5.74) is 7.03. The monoisotopic (exact) mass is 987 g/mol. The molecule has 70 heavy (non-hydrogen) atoms. The molecule has 6 atom stereocenters. The first kappa shape index (κ1) is 55.1. The van der Waals surface area contributed by atoms with Gasteiger partial charge in [-0.15, -0.1) is 11.8 Å². The number of aliphatic carboxylic acids is 1. The van der Waals surface area contributed by atoms with E-state index in [2.05, 4.69) is 31.9 Å². The van der Waals surface area contributed by atoms with Crippen molar-refractivity contribution in [2.75, 3.05) is 38.7 Å². The Kier molecular flexibility index (Phi) is 21.2. The van der Waals surface area contributed by atoms with Crippen molar-refractivity contribution in [3.8, 4) is 5.75 Å². The molecule has 9 amide bonds. The van der Waals surface area contributed by atoms with Crippen LogP contribution in [0.5, 0.6) is 5.75 Å². The number of carboxylic acid groups (broad SMARTS) is 1. The lowest BCUT2D eigenvalue weighted by Gasteiger charge is -2.32. The first-order valence-electron chi connectivity index (χ1n) is 22.4. The normalized spacial score (nSPS) is 21.9. The average Bonchev–Trinajstić information content (AvgIpc) is 3.32. The highest BCUT2D eigenvalue weighted by atomic mass is 32.2. The molecule has 3 aromatic carbocycles. The number of rotatable bonds is 13. The van der Waals surface area contributed by atoms with Crippen LogP contribution in [0.15, 0.2) is 84.9 Å². The van der Waals surface area contributed by atoms with Gasteiger partial charge < -0.3 is 57.6 Å². The molecule has 21 nitrogen and oxygen atoms in total. The molecule has 4 rings (SSSR count). The first-order chi connectivity index (χ1) is 33.2. The second-order valence-corrected chi connectivity index (χ2v) is 18.2. The van der Waals surface area contributed by atoms with Crippen LogP contribution < -0.4 is 37.6 Å². The van der Waals surface area contributed by atoms with Crippen LogP contribution in [0.2, 0.25) is 0 Å². The Morgan fingerprint density at radius 2 is 1.27 bits per heavy atom. The Labute approximate surface area is 409 Å². The zero-order valence-corrected chi connectivity index (χ0v) is 40.2. The van der Waals surface area contributed by atoms with Crippen LogP contribution >= 0.6 is 11.8 Å². The first-order valence-corrected chi connectivity index (χ1v) is 23.6. The van der Waals surface area contributed by atoms with Gasteiger partial charge in [-0.25, -0.2) is 0 Å². The maximum atomic E-state index is 14.7. The summed E-state index contributed by atoms with van der Waals surface area (Å²) in [4.78, 5) is 138. The smallest absolute Gasteiger partial charge is 0.303 e. The maximum absolute atomic E-state index is 14.7. The van der Waals surface area contributed by atoms with Gasteiger partial charge in [-0.1, -0.05) is 86.6 Å². The molecule has 1 saturated heterocycles. The van der Waals surface area contributed by atoms with Crippen molar-refractivity contribution in [1.82, 2.24) is 41.7 Å². The third-order valence-electron chi connectivity index (χ3n) is 11.2. The summed E-state index contributed by atoms with van der Waals surface area (Å²) >= 11 is 0.902. The molecule has 1 heterocycles. The number of carboxylic acids is 1. The van der Waals surface area contributed by atoms with Crippen molar-refractivity contribution in [3.05, 3.63) is 102 Å². The molecule has 1 aliphatic heterocycles. The van der Waals surface area contributed by atoms with E-state index in [0.29, 0.717) is 16.7 Å². The van der Waals surface area contributed by atoms with Crippen LogP contribution in [0, 0.1) is 5.92 Å². The van der Waals surface area contributed by atoms with Gasteiger partial charge in [-0.2, -0.15) is 0 Å². The van der Waals surface area contributed by atoms with Crippen molar-refractivity contribution < 1.29 is 58.2 Å². The van der Waals surface area contributed by atoms with Crippen LogP contribution in [0.25, 0.3) is 0 Å². The van der Waals surface area contributed by atoms with Crippen LogP contribution in [-0.2, 0) is 67.2 Å². The summed E-state index contributed by atoms with van der Waals surface area (Å²) < 4.78 is 0. The minimum Gasteiger partial charge on any atom is -0.508 e. The Balaban J connectivity index is 1.80. The van der Waals surface area contributed by atoms with Crippen LogP contribution in [0.3, 0.4) is 0 Å². The van der Waals surface area contributed by atoms with Crippen LogP contribution in [0.4, 0.5) is 0 Å². The predicted molar refractivity (Wildman–Crippen MR) is 257 cm³/mol. The summed E-state index contributed by atoms with van der Waals surface area (Å²) in [6, 6.07) is 14.8. The van der Waals surface area contributed by atoms with E-state index in [1.54, 1.807) is 74.5 Å². The molecule has 22 heteroatoms. The number of phenols is 1. The van der Waals surface area contributed by atoms with Gasteiger partial charge in [0.25, 0.3) is 0 Å². The van der Waals surface area contributed by atoms with Crippen molar-refractivity contribution in [3.63, 3.8) is 0 Å². The van der Waals surface area contributed by atoms with E-state index >= 15 is 0 Å². The van der Waals surface area contributed by atoms with Crippen LogP contribution in [-0.4, -0.2) is 154 Å². The molecule has 1 fully saturated rings. The SMILES string of the molecule is CC(C)[C@H]1NC(=O)[C@H](Cc2ccccc2)NC(=O)CSC[C@H](C(=O)NCC(N)=O)NC(=O)[C@@H](Cc2ccccc2)N(C)C(=O)[C@H](Cc2ccc(O)cc2)NC(=O)CN(C)C(=O)[C@H](CCC(=O)O)NC1=O. The van der Waals surface area contributed by atoms with Gasteiger partial charge in [-0.3, -0.25) is 47.9 Å². The molecule has 376 valence electrons. The topological polar surface area (TPSA) is 316 Å². The summed E-state index contributed by atoms with van der Waals surface area (Å²) in [6.45, 7) is 1.96. The van der Waals surface area contributed by atoms with E-state index in [-0.39, 0.29) is 36.5 Å². The summed E-state index contributed by atoms with van der Waals surface area (Å²) in [5.74, 6) is -9.89. The van der Waals surface area contributed by atoms with Crippen molar-refractivity contribution in [2.24, 2.45) is 11.7 Å². The summed E-state index contributed by atoms with van der Waals surface area (Å²) in [6.07, 6.45) is -1.26. The third kappa shape index (κ3) is 17.5. The number of nitrogens with two attached hydrogens (primary N) is 1. The van der Waals surface area contributed by atoms with E-state index < -0.39 is 127 Å². The fraction of sp³-hybridized carbons (Fsp3) is 0.417. The minimum atomic E-state index is -1.50. The predicted octanol–water partition coefficient (Wildman–Crippen LogP) is -1.00. The minimum absolute atomic E-state index is 0.0266. The molecule has 0 radical (unpaired) electrons. The maximum Gasteiger partial charge on any atom is 0.303 e. The molecule has 0 aromatic heterocycles. The van der Waals surface area contributed by atoms with Gasteiger partial charge in [0.15, 0.2) is 0 Å². The molecule has 10 N–H and O–H groups in total. The highest BCUT2D eigenvalue weighted by Gasteiger charge is 2.37. The molecule has 1 aliphatic rings. The van der Waals surface area contributed by atoms with Crippen molar-refractivity contribution >= 4 is 70.9 Å². The standard InChI is InChI=1S/C48H61N9O12S/c1-28(2)42-46(67)53-33(19-20-41(62)63)47(68)56(3)25-39(60)52-35(22-31-15-17-32(58)18-16-31)48(69)57(4)37(23-30-13-9-6-10-14-30)45(66)54-36(43(64)50-24-38(49)59)26-70-27-40(61)51-34(44(65)55-42)21-29-11-7-5-8-12-29/h5-18,28,33-37,42,58H,19-27H2,1-4H3,(H2,49,59)(H,50,64)(H,51,61)(H,52,60)(H,53,67)(H,54,66)(H,55,65)(H,62,63)/t33-,34-,35-,36+,37+,42+/m0/s1. The number of benzene rings is 3. The van der Waals surface area contributed by atoms with Gasteiger partial charge in [0.1, 0.15) is 42.0 Å². The largest absolute Gasteiger partial charge is 0.508 e. The number of likely N-dealkylation sites (N-methyl/N-ethyl adjacent to an activating group) is 2. The lowest BCUT2D eigenvalue weighted by atomic mass is 10.00. The number of phenolic OH excluding ortho intramolecular Hbond substituents is 1. The lowest BCUT2D eigenvalue weighted by molar-refractivity contribution is -0.143. The number of nitrogens with one attached hydrogen (secondary N) is 6. The number of aromatic hydroxyl groups is 1. The van der Waals surface area contributed by atoms with Gasteiger partial charge in [-0.05, 0) is 41.2 Å². The number of thioether (sulfide) groups is 1. The summed E-state index contributed by atoms with van der Waals surface area (Å²) in [7, 11) is 2.57. The number of hydrogen-bond donors (Lipinski definition) is 9. The Morgan fingerprint density at radius 3 is 1.86 bits per heavy atom. The fourth-order valence-electron chi connectivity index (χ4n) is 7.40. The quantitative estimate of drug-likeness (QED) is 0.0994. The van der Waals surface area contributed by atoms with E-state index in [1.165, 1.54) is 38.4 Å². The Morgan fingerprint density at radius 1 is 0.700 bits per heavy atom. The number of carbonyl (C=O) groups excluding carboxylic acids is 9. The number of amides is 9. The Hall–Kier alpha value is -7.49. The zero-order chi connectivity index (χ0) is 51.5. The second kappa shape index (κ2) is 26.9. The number of hydrogen-bond acceptors (Lipinski definition) is 12. The van der Waals surface area contributed by atoms with E-state index in [0.717, 1.165) is 21.6 Å². The van der Waals surface area contributed by atoms with Crippen molar-refractivity contribution in [2.45, 2.75) is 82.2 Å². The average molecular weight is 988 g/mol. The number of carbonyl (C=O) groups is 10. The molecule has 0 saturated carbocycles. The van der Waals surface area contributed by atoms with Crippen LogP contribution in [0.1, 0.15) is 43.4 Å². The molecular formula is C48H61N9O12S. The van der Waals surface area contributed by atoms with E-state index in [4.69, 9.17) is 5.73 Å². The fourth-order valence-corrected chi connectivity index (χ4v) is 8.25. The van der Waals surface area contributed by atoms with Gasteiger partial charge in [0.05, 0.1) is 18.8 Å². The van der Waals surface area contributed by atoms with Crippen molar-refractivity contribution in [1.29, 1.82) is 0 Å². The molecule has 0 bridgehead atoms. The zero-order valence-electron chi connectivity index (χ0n) is 39.3. The highest BCUT2D eigenvalue weighted by molar-refractivity contribution is 8.00. The lowest BCUT2D eigenvalue weighted by Crippen LogP contribution is -2.60. The molecule has 0 aliphatic carbocycles. The molecule has 3 aromatic rings. The third-order valence-corrected chi connectivity index (χ3v) is 12.2. The summed E-state index contributed by atoms with van der Waals surface area (Å²) in [5, 5.41) is 35.1. The molecule has 0 spiro atoms. The van der Waals surface area contributed by atoms with Gasteiger partial charge in [0, 0.05) is 45.5 Å². The highest BCUT2D eigenvalue weighted by Crippen LogP contribution is 2.17. The second-order valence-electron chi connectivity index (χ2n) is 17.1. The molecule has 0 unspecified atom stereocenters. The Bertz CT molecular complexity index is 2340. The van der Waals surface area contributed by atoms with Gasteiger partial charge in [0.2, 0.25) is 53.2 Å².